The number of carbonyl (C=O) groups excluding carboxylic acids is 1. The number of sulfonamides is 1. The quantitative estimate of drug-likeness (QED) is 0.671. The van der Waals surface area contributed by atoms with Gasteiger partial charge in [-0.25, -0.2) is 8.42 Å². The third-order valence-electron chi connectivity index (χ3n) is 4.41. The number of hydrogen-bond donors (Lipinski definition) is 0. The lowest BCUT2D eigenvalue weighted by Gasteiger charge is -2.23. The zero-order chi connectivity index (χ0) is 20.0. The summed E-state index contributed by atoms with van der Waals surface area (Å²) in [6.07, 6.45) is 5.02. The molecule has 1 aliphatic rings. The molecule has 0 bridgehead atoms. The summed E-state index contributed by atoms with van der Waals surface area (Å²) >= 11 is 0. The molecule has 2 aromatic carbocycles. The van der Waals surface area contributed by atoms with E-state index in [-0.39, 0.29) is 23.9 Å². The number of rotatable bonds is 7. The molecule has 0 radical (unpaired) electrons. The van der Waals surface area contributed by atoms with Crippen molar-refractivity contribution in [2.75, 3.05) is 13.2 Å². The van der Waals surface area contributed by atoms with Crippen molar-refractivity contribution in [2.24, 2.45) is 0 Å². The molecule has 7 heteroatoms. The lowest BCUT2D eigenvalue weighted by atomic mass is 10.1. The highest BCUT2D eigenvalue weighted by Crippen LogP contribution is 2.22. The maximum absolute atomic E-state index is 12.8. The van der Waals surface area contributed by atoms with Crippen LogP contribution in [-0.4, -0.2) is 31.7 Å². The van der Waals surface area contributed by atoms with Crippen LogP contribution < -0.4 is 0 Å². The number of benzene rings is 2. The summed E-state index contributed by atoms with van der Waals surface area (Å²) in [4.78, 5) is 12.2. The van der Waals surface area contributed by atoms with Gasteiger partial charge in [-0.15, -0.1) is 0 Å². The van der Waals surface area contributed by atoms with E-state index in [1.807, 2.05) is 18.2 Å². The standard InChI is InChI=1S/C21H20N2O4S/c22-14-18-9-10-20(28(25,26)23-11-5-2-6-12-23)13-19(18)15-27-16-21(24)17-7-3-1-4-8-17/h1,3-5,7-11,13H,2,6,12,15-16H2. The maximum atomic E-state index is 12.8. The number of Topliss-reactive ketones (excluding diaryl/α,β-unsaturated/α-hetero) is 1. The second-order valence-corrected chi connectivity index (χ2v) is 8.25. The summed E-state index contributed by atoms with van der Waals surface area (Å²) in [6, 6.07) is 15.1. The molecule has 0 N–H and O–H groups in total. The summed E-state index contributed by atoms with van der Waals surface area (Å²) in [5.74, 6) is -0.179. The molecule has 1 aliphatic heterocycles. The van der Waals surface area contributed by atoms with Gasteiger partial charge in [0.15, 0.2) is 5.78 Å². The summed E-state index contributed by atoms with van der Waals surface area (Å²) in [7, 11) is -3.68. The molecule has 28 heavy (non-hydrogen) atoms. The van der Waals surface area contributed by atoms with Crippen LogP contribution in [0.4, 0.5) is 0 Å². The number of ketones is 1. The van der Waals surface area contributed by atoms with Crippen molar-refractivity contribution < 1.29 is 17.9 Å². The van der Waals surface area contributed by atoms with Gasteiger partial charge in [-0.1, -0.05) is 36.4 Å². The predicted molar refractivity (Wildman–Crippen MR) is 104 cm³/mol. The van der Waals surface area contributed by atoms with Gasteiger partial charge in [-0.05, 0) is 36.6 Å². The van der Waals surface area contributed by atoms with Crippen LogP contribution in [0.2, 0.25) is 0 Å². The molecule has 1 heterocycles. The van der Waals surface area contributed by atoms with E-state index in [9.17, 15) is 18.5 Å². The average Bonchev–Trinajstić information content (AvgIpc) is 2.74. The predicted octanol–water partition coefficient (Wildman–Crippen LogP) is 3.26. The Bertz CT molecular complexity index is 1020. The molecule has 0 spiro atoms. The molecule has 0 aliphatic carbocycles. The first-order chi connectivity index (χ1) is 13.5. The Balaban J connectivity index is 1.74. The molecule has 0 amide bonds. The van der Waals surface area contributed by atoms with Crippen LogP contribution >= 0.6 is 0 Å². The number of ether oxygens (including phenoxy) is 1. The summed E-state index contributed by atoms with van der Waals surface area (Å²) in [5, 5.41) is 9.30. The lowest BCUT2D eigenvalue weighted by Crippen LogP contribution is -2.28. The molecule has 0 saturated carbocycles. The first-order valence-corrected chi connectivity index (χ1v) is 10.3. The highest BCUT2D eigenvalue weighted by atomic mass is 32.2. The second kappa shape index (κ2) is 8.83. The Kier molecular flexibility index (Phi) is 6.24. The van der Waals surface area contributed by atoms with Crippen LogP contribution in [0.3, 0.4) is 0 Å². The second-order valence-electron chi connectivity index (χ2n) is 6.36. The van der Waals surface area contributed by atoms with Gasteiger partial charge in [0, 0.05) is 18.3 Å². The van der Waals surface area contributed by atoms with E-state index in [1.54, 1.807) is 30.5 Å². The molecule has 0 unspecified atom stereocenters. The zero-order valence-electron chi connectivity index (χ0n) is 15.2. The van der Waals surface area contributed by atoms with Gasteiger partial charge in [-0.2, -0.15) is 5.26 Å². The van der Waals surface area contributed by atoms with E-state index >= 15 is 0 Å². The van der Waals surface area contributed by atoms with Crippen molar-refractivity contribution >= 4 is 15.8 Å². The molecule has 3 rings (SSSR count). The normalized spacial score (nSPS) is 13.9. The molecule has 2 aromatic rings. The number of carbonyl (C=O) groups is 1. The minimum absolute atomic E-state index is 0.0271. The summed E-state index contributed by atoms with van der Waals surface area (Å²) in [5.41, 5.74) is 1.29. The Hall–Kier alpha value is -2.95. The first-order valence-electron chi connectivity index (χ1n) is 8.90. The minimum atomic E-state index is -3.68. The Morgan fingerprint density at radius 2 is 1.96 bits per heavy atom. The Morgan fingerprint density at radius 3 is 2.64 bits per heavy atom. The van der Waals surface area contributed by atoms with Crippen LogP contribution in [0.5, 0.6) is 0 Å². The number of nitriles is 1. The van der Waals surface area contributed by atoms with Crippen LogP contribution in [0.15, 0.2) is 65.7 Å². The number of nitrogens with zero attached hydrogens (tertiary/aromatic N) is 2. The van der Waals surface area contributed by atoms with Gasteiger partial charge in [0.1, 0.15) is 6.61 Å². The molecule has 0 fully saturated rings. The van der Waals surface area contributed by atoms with E-state index in [0.717, 1.165) is 12.8 Å². The smallest absolute Gasteiger partial charge is 0.263 e. The van der Waals surface area contributed by atoms with Gasteiger partial charge >= 0.3 is 0 Å². The maximum Gasteiger partial charge on any atom is 0.263 e. The number of hydrogen-bond acceptors (Lipinski definition) is 5. The highest BCUT2D eigenvalue weighted by Gasteiger charge is 2.23. The third kappa shape index (κ3) is 4.47. The van der Waals surface area contributed by atoms with E-state index in [0.29, 0.717) is 23.2 Å². The van der Waals surface area contributed by atoms with Gasteiger partial charge in [0.05, 0.1) is 23.1 Å². The SMILES string of the molecule is N#Cc1ccc(S(=O)(=O)N2C=CCCC2)cc1COCC(=O)c1ccccc1. The van der Waals surface area contributed by atoms with Crippen molar-refractivity contribution in [1.29, 1.82) is 5.26 Å². The fourth-order valence-corrected chi connectivity index (χ4v) is 4.31. The number of allylic oxidation sites excluding steroid dienone is 1. The van der Waals surface area contributed by atoms with Gasteiger partial charge in [0.25, 0.3) is 10.0 Å². The molecule has 6 nitrogen and oxygen atoms in total. The highest BCUT2D eigenvalue weighted by molar-refractivity contribution is 7.89. The molecule has 144 valence electrons. The topological polar surface area (TPSA) is 87.5 Å². The average molecular weight is 396 g/mol. The summed E-state index contributed by atoms with van der Waals surface area (Å²) in [6.45, 7) is 0.248. The van der Waals surface area contributed by atoms with Crippen LogP contribution in [0.25, 0.3) is 0 Å². The van der Waals surface area contributed by atoms with E-state index in [1.165, 1.54) is 22.5 Å². The van der Waals surface area contributed by atoms with Crippen molar-refractivity contribution in [3.05, 3.63) is 77.5 Å². The molecular weight excluding hydrogens is 376 g/mol. The first kappa shape index (κ1) is 19.8. The zero-order valence-corrected chi connectivity index (χ0v) is 16.1. The van der Waals surface area contributed by atoms with Crippen LogP contribution in [0.1, 0.15) is 34.3 Å². The minimum Gasteiger partial charge on any atom is -0.369 e. The molecular formula is C21H20N2O4S. The van der Waals surface area contributed by atoms with Crippen molar-refractivity contribution in [2.45, 2.75) is 24.3 Å². The largest absolute Gasteiger partial charge is 0.369 e. The lowest BCUT2D eigenvalue weighted by molar-refractivity contribution is 0.0726. The van der Waals surface area contributed by atoms with Crippen LogP contribution in [0, 0.1) is 11.3 Å². The monoisotopic (exact) mass is 396 g/mol. The molecule has 0 saturated heterocycles. The van der Waals surface area contributed by atoms with Crippen LogP contribution in [-0.2, 0) is 21.4 Å². The van der Waals surface area contributed by atoms with E-state index in [4.69, 9.17) is 4.74 Å². The Morgan fingerprint density at radius 1 is 1.18 bits per heavy atom. The van der Waals surface area contributed by atoms with Gasteiger partial charge in [-0.3, -0.25) is 9.10 Å². The van der Waals surface area contributed by atoms with E-state index < -0.39 is 10.0 Å². The summed E-state index contributed by atoms with van der Waals surface area (Å²) < 4.78 is 32.4. The Labute approximate surface area is 164 Å². The van der Waals surface area contributed by atoms with Gasteiger partial charge < -0.3 is 4.74 Å². The van der Waals surface area contributed by atoms with Gasteiger partial charge in [0.2, 0.25) is 0 Å². The third-order valence-corrected chi connectivity index (χ3v) is 6.18. The van der Waals surface area contributed by atoms with E-state index in [2.05, 4.69) is 0 Å². The van der Waals surface area contributed by atoms with Crippen molar-refractivity contribution in [3.63, 3.8) is 0 Å². The fourth-order valence-electron chi connectivity index (χ4n) is 2.89. The molecule has 0 aromatic heterocycles. The van der Waals surface area contributed by atoms with Crippen molar-refractivity contribution in [1.82, 2.24) is 4.31 Å². The molecule has 0 atom stereocenters. The van der Waals surface area contributed by atoms with Crippen molar-refractivity contribution in [3.8, 4) is 6.07 Å². The fraction of sp³-hybridized carbons (Fsp3) is 0.238.